The van der Waals surface area contributed by atoms with Crippen molar-refractivity contribution in [1.82, 2.24) is 0 Å². The average Bonchev–Trinajstić information content (AvgIpc) is 2.68. The summed E-state index contributed by atoms with van der Waals surface area (Å²) in [5, 5.41) is 0. The molecule has 3 aliphatic carbocycles. The van der Waals surface area contributed by atoms with Crippen molar-refractivity contribution >= 4 is 0 Å². The molecule has 2 unspecified atom stereocenters. The van der Waals surface area contributed by atoms with Crippen LogP contribution in [-0.4, -0.2) is 5.54 Å². The van der Waals surface area contributed by atoms with Crippen molar-refractivity contribution in [2.75, 3.05) is 0 Å². The third-order valence-corrected chi connectivity index (χ3v) is 6.36. The first-order valence-corrected chi connectivity index (χ1v) is 7.97. The van der Waals surface area contributed by atoms with Crippen molar-refractivity contribution in [3.05, 3.63) is 23.8 Å². The third kappa shape index (κ3) is 1.77. The van der Waals surface area contributed by atoms with Gasteiger partial charge in [-0.25, -0.2) is 0 Å². The van der Waals surface area contributed by atoms with Gasteiger partial charge >= 0.3 is 0 Å². The van der Waals surface area contributed by atoms with Gasteiger partial charge in [0.25, 0.3) is 0 Å². The van der Waals surface area contributed by atoms with Crippen LogP contribution in [0.5, 0.6) is 0 Å². The van der Waals surface area contributed by atoms with Crippen molar-refractivity contribution < 1.29 is 0 Å². The number of nitrogens with two attached hydrogens (primary N) is 1. The molecular formula is C18H29N. The molecule has 4 atom stereocenters. The van der Waals surface area contributed by atoms with E-state index in [1.165, 1.54) is 25.7 Å². The Bertz CT molecular complexity index is 445. The number of allylic oxidation sites excluding steroid dienone is 3. The van der Waals surface area contributed by atoms with E-state index in [1.807, 2.05) is 0 Å². The first-order valence-electron chi connectivity index (χ1n) is 7.97. The fourth-order valence-electron chi connectivity index (χ4n) is 4.83. The van der Waals surface area contributed by atoms with Gasteiger partial charge in [-0.2, -0.15) is 0 Å². The Morgan fingerprint density at radius 1 is 1.26 bits per heavy atom. The van der Waals surface area contributed by atoms with Gasteiger partial charge < -0.3 is 5.73 Å². The number of hydrogen-bond donors (Lipinski definition) is 1. The van der Waals surface area contributed by atoms with E-state index in [1.54, 1.807) is 5.57 Å². The molecule has 0 saturated heterocycles. The standard InChI is InChI=1S/C18H29N/c1-13-7-5-6-8-15-11-18(19)14(2)17(15,18)12-16(3,4)10-9-13/h5-6,8,13-14H,7,9-12,19H2,1-4H3/b6-5+,15-8-/t13?,14-,17+,18?/m0/s1. The first-order chi connectivity index (χ1) is 8.82. The highest BCUT2D eigenvalue weighted by Crippen LogP contribution is 2.79. The Morgan fingerprint density at radius 2 is 2.00 bits per heavy atom. The normalized spacial score (nSPS) is 52.6. The van der Waals surface area contributed by atoms with Gasteiger partial charge in [-0.05, 0) is 49.4 Å². The van der Waals surface area contributed by atoms with E-state index >= 15 is 0 Å². The molecule has 0 amide bonds. The van der Waals surface area contributed by atoms with Crippen LogP contribution in [0, 0.1) is 22.7 Å². The van der Waals surface area contributed by atoms with Crippen LogP contribution in [0.3, 0.4) is 0 Å². The summed E-state index contributed by atoms with van der Waals surface area (Å²) in [5.41, 5.74) is 9.14. The fourth-order valence-corrected chi connectivity index (χ4v) is 4.83. The van der Waals surface area contributed by atoms with Crippen LogP contribution in [0.1, 0.15) is 59.8 Å². The van der Waals surface area contributed by atoms with Crippen LogP contribution in [0.15, 0.2) is 23.8 Å². The molecule has 2 saturated carbocycles. The molecule has 106 valence electrons. The van der Waals surface area contributed by atoms with Crippen molar-refractivity contribution in [3.8, 4) is 0 Å². The second-order valence-corrected chi connectivity index (χ2v) is 8.25. The summed E-state index contributed by atoms with van der Waals surface area (Å²) >= 11 is 0. The van der Waals surface area contributed by atoms with E-state index in [4.69, 9.17) is 5.73 Å². The molecule has 3 rings (SSSR count). The molecule has 0 radical (unpaired) electrons. The van der Waals surface area contributed by atoms with E-state index < -0.39 is 0 Å². The predicted octanol–water partition coefficient (Wildman–Crippen LogP) is 4.44. The van der Waals surface area contributed by atoms with Crippen LogP contribution in [0.2, 0.25) is 0 Å². The summed E-state index contributed by atoms with van der Waals surface area (Å²) < 4.78 is 0. The fraction of sp³-hybridized carbons (Fsp3) is 0.778. The highest BCUT2D eigenvalue weighted by Gasteiger charge is 2.80. The van der Waals surface area contributed by atoms with Gasteiger partial charge in [0, 0.05) is 11.0 Å². The second kappa shape index (κ2) is 3.97. The van der Waals surface area contributed by atoms with E-state index in [2.05, 4.69) is 45.9 Å². The Balaban J connectivity index is 1.90. The van der Waals surface area contributed by atoms with Crippen molar-refractivity contribution in [2.45, 2.75) is 65.3 Å². The molecule has 0 aromatic rings. The third-order valence-electron chi connectivity index (χ3n) is 6.36. The minimum atomic E-state index is 0.129. The minimum absolute atomic E-state index is 0.129. The summed E-state index contributed by atoms with van der Waals surface area (Å²) in [6, 6.07) is 0. The SMILES string of the molecule is CC1C/C=C/C=C2/CC3(N)[C@@H](C)[C@]23CC(C)(C)CC1. The quantitative estimate of drug-likeness (QED) is 0.683. The Hall–Kier alpha value is -0.560. The lowest BCUT2D eigenvalue weighted by Gasteiger charge is -2.41. The van der Waals surface area contributed by atoms with Crippen LogP contribution in [0.4, 0.5) is 0 Å². The molecule has 19 heavy (non-hydrogen) atoms. The molecule has 3 aliphatic rings. The molecule has 2 fully saturated rings. The van der Waals surface area contributed by atoms with Crippen LogP contribution >= 0.6 is 0 Å². The van der Waals surface area contributed by atoms with Gasteiger partial charge in [-0.15, -0.1) is 0 Å². The maximum Gasteiger partial charge on any atom is 0.0325 e. The first kappa shape index (κ1) is 13.4. The lowest BCUT2D eigenvalue weighted by Crippen LogP contribution is -2.44. The molecule has 1 spiro atoms. The van der Waals surface area contributed by atoms with Gasteiger partial charge in [0.05, 0.1) is 0 Å². The van der Waals surface area contributed by atoms with Gasteiger partial charge in [0.1, 0.15) is 0 Å². The largest absolute Gasteiger partial charge is 0.324 e. The predicted molar refractivity (Wildman–Crippen MR) is 81.8 cm³/mol. The molecule has 0 bridgehead atoms. The maximum absolute atomic E-state index is 6.62. The van der Waals surface area contributed by atoms with Crippen molar-refractivity contribution in [3.63, 3.8) is 0 Å². The minimum Gasteiger partial charge on any atom is -0.324 e. The van der Waals surface area contributed by atoms with Gasteiger partial charge in [-0.1, -0.05) is 51.5 Å². The monoisotopic (exact) mass is 259 g/mol. The smallest absolute Gasteiger partial charge is 0.0325 e. The summed E-state index contributed by atoms with van der Waals surface area (Å²) in [5.74, 6) is 1.48. The van der Waals surface area contributed by atoms with Gasteiger partial charge in [0.15, 0.2) is 0 Å². The van der Waals surface area contributed by atoms with E-state index in [-0.39, 0.29) is 5.54 Å². The summed E-state index contributed by atoms with van der Waals surface area (Å²) in [4.78, 5) is 0. The molecule has 0 aliphatic heterocycles. The number of hydrogen-bond acceptors (Lipinski definition) is 1. The summed E-state index contributed by atoms with van der Waals surface area (Å²) in [6.45, 7) is 9.64. The van der Waals surface area contributed by atoms with Crippen molar-refractivity contribution in [1.29, 1.82) is 0 Å². The molecule has 0 aromatic carbocycles. The van der Waals surface area contributed by atoms with Crippen LogP contribution in [-0.2, 0) is 0 Å². The Labute approximate surface area is 118 Å². The molecule has 1 nitrogen and oxygen atoms in total. The van der Waals surface area contributed by atoms with E-state index in [0.29, 0.717) is 16.7 Å². The molecular weight excluding hydrogens is 230 g/mol. The number of rotatable bonds is 0. The molecule has 2 N–H and O–H groups in total. The summed E-state index contributed by atoms with van der Waals surface area (Å²) in [6.07, 6.45) is 13.3. The summed E-state index contributed by atoms with van der Waals surface area (Å²) in [7, 11) is 0. The average molecular weight is 259 g/mol. The Morgan fingerprint density at radius 3 is 2.63 bits per heavy atom. The van der Waals surface area contributed by atoms with E-state index in [0.717, 1.165) is 12.3 Å². The van der Waals surface area contributed by atoms with Gasteiger partial charge in [0.2, 0.25) is 0 Å². The van der Waals surface area contributed by atoms with E-state index in [9.17, 15) is 0 Å². The molecule has 0 heterocycles. The molecule has 1 heteroatoms. The topological polar surface area (TPSA) is 26.0 Å². The highest BCUT2D eigenvalue weighted by atomic mass is 15.0. The zero-order chi connectivity index (χ0) is 13.9. The lowest BCUT2D eigenvalue weighted by molar-refractivity contribution is 0.189. The maximum atomic E-state index is 6.62. The van der Waals surface area contributed by atoms with Crippen LogP contribution < -0.4 is 5.73 Å². The lowest BCUT2D eigenvalue weighted by atomic mass is 9.65. The van der Waals surface area contributed by atoms with Crippen LogP contribution in [0.25, 0.3) is 0 Å². The van der Waals surface area contributed by atoms with Gasteiger partial charge in [-0.3, -0.25) is 0 Å². The zero-order valence-corrected chi connectivity index (χ0v) is 13.0. The highest BCUT2D eigenvalue weighted by molar-refractivity contribution is 5.52. The second-order valence-electron chi connectivity index (χ2n) is 8.25. The van der Waals surface area contributed by atoms with Crippen molar-refractivity contribution in [2.24, 2.45) is 28.4 Å². The zero-order valence-electron chi connectivity index (χ0n) is 13.0. The molecule has 0 aromatic heterocycles. The Kier molecular flexibility index (Phi) is 2.81.